The molecular weight excluding hydrogens is 257 g/mol. The second kappa shape index (κ2) is 6.00. The van der Waals surface area contributed by atoms with E-state index in [0.717, 1.165) is 38.3 Å². The molecule has 6 heteroatoms. The quantitative estimate of drug-likeness (QED) is 0.893. The SMILES string of the molecule is Fc1ccc(N2CCC(NCCn3ccnn3)C2)cc1. The summed E-state index contributed by atoms with van der Waals surface area (Å²) in [6.45, 7) is 3.67. The minimum absolute atomic E-state index is 0.185. The second-order valence-electron chi connectivity index (χ2n) is 5.03. The van der Waals surface area contributed by atoms with Crippen LogP contribution in [0.15, 0.2) is 36.7 Å². The molecule has 1 atom stereocenters. The van der Waals surface area contributed by atoms with Gasteiger partial charge in [0.2, 0.25) is 0 Å². The third-order valence-corrected chi connectivity index (χ3v) is 3.63. The number of nitrogens with zero attached hydrogens (tertiary/aromatic N) is 4. The molecule has 0 spiro atoms. The van der Waals surface area contributed by atoms with Crippen LogP contribution in [0.5, 0.6) is 0 Å². The van der Waals surface area contributed by atoms with Crippen LogP contribution in [0.4, 0.5) is 10.1 Å². The molecule has 1 fully saturated rings. The van der Waals surface area contributed by atoms with Crippen LogP contribution < -0.4 is 10.2 Å². The maximum Gasteiger partial charge on any atom is 0.123 e. The van der Waals surface area contributed by atoms with Crippen molar-refractivity contribution in [2.45, 2.75) is 19.0 Å². The predicted octanol–water partition coefficient (Wildman–Crippen LogP) is 1.29. The first kappa shape index (κ1) is 13.1. The smallest absolute Gasteiger partial charge is 0.123 e. The number of nitrogens with one attached hydrogen (secondary N) is 1. The number of anilines is 1. The Kier molecular flexibility index (Phi) is 3.92. The van der Waals surface area contributed by atoms with Crippen molar-refractivity contribution in [3.05, 3.63) is 42.5 Å². The van der Waals surface area contributed by atoms with Gasteiger partial charge in [-0.1, -0.05) is 5.21 Å². The molecule has 2 heterocycles. The first-order chi connectivity index (χ1) is 9.81. The second-order valence-corrected chi connectivity index (χ2v) is 5.03. The summed E-state index contributed by atoms with van der Waals surface area (Å²) in [7, 11) is 0. The molecular formula is C14H18FN5. The van der Waals surface area contributed by atoms with Gasteiger partial charge in [-0.05, 0) is 30.7 Å². The highest BCUT2D eigenvalue weighted by molar-refractivity contribution is 5.47. The topological polar surface area (TPSA) is 46.0 Å². The van der Waals surface area contributed by atoms with Crippen molar-refractivity contribution in [3.63, 3.8) is 0 Å². The van der Waals surface area contributed by atoms with E-state index in [1.807, 2.05) is 23.0 Å². The van der Waals surface area contributed by atoms with Crippen molar-refractivity contribution in [2.24, 2.45) is 0 Å². The molecule has 5 nitrogen and oxygen atoms in total. The van der Waals surface area contributed by atoms with E-state index in [1.165, 1.54) is 12.1 Å². The average molecular weight is 275 g/mol. The van der Waals surface area contributed by atoms with Crippen LogP contribution in [0.1, 0.15) is 6.42 Å². The lowest BCUT2D eigenvalue weighted by Gasteiger charge is -2.19. The zero-order chi connectivity index (χ0) is 13.8. The highest BCUT2D eigenvalue weighted by atomic mass is 19.1. The number of rotatable bonds is 5. The van der Waals surface area contributed by atoms with Crippen molar-refractivity contribution in [2.75, 3.05) is 24.5 Å². The van der Waals surface area contributed by atoms with Crippen LogP contribution in [-0.2, 0) is 6.54 Å². The molecule has 1 aromatic carbocycles. The van der Waals surface area contributed by atoms with E-state index < -0.39 is 0 Å². The van der Waals surface area contributed by atoms with Gasteiger partial charge in [-0.2, -0.15) is 0 Å². The molecule has 3 rings (SSSR count). The van der Waals surface area contributed by atoms with Gasteiger partial charge >= 0.3 is 0 Å². The summed E-state index contributed by atoms with van der Waals surface area (Å²) in [6, 6.07) is 7.19. The summed E-state index contributed by atoms with van der Waals surface area (Å²) < 4.78 is 14.7. The van der Waals surface area contributed by atoms with Crippen molar-refractivity contribution < 1.29 is 4.39 Å². The first-order valence-electron chi connectivity index (χ1n) is 6.89. The van der Waals surface area contributed by atoms with Gasteiger partial charge in [0.25, 0.3) is 0 Å². The van der Waals surface area contributed by atoms with Crippen LogP contribution in [0, 0.1) is 5.82 Å². The summed E-state index contributed by atoms with van der Waals surface area (Å²) >= 11 is 0. The monoisotopic (exact) mass is 275 g/mol. The predicted molar refractivity (Wildman–Crippen MR) is 75.0 cm³/mol. The summed E-state index contributed by atoms with van der Waals surface area (Å²) in [5, 5.41) is 11.2. The highest BCUT2D eigenvalue weighted by Crippen LogP contribution is 2.20. The Labute approximate surface area is 117 Å². The van der Waals surface area contributed by atoms with E-state index in [0.29, 0.717) is 6.04 Å². The summed E-state index contributed by atoms with van der Waals surface area (Å²) in [5.74, 6) is -0.185. The maximum absolute atomic E-state index is 12.9. The molecule has 1 N–H and O–H groups in total. The van der Waals surface area contributed by atoms with Gasteiger partial charge in [0.15, 0.2) is 0 Å². The van der Waals surface area contributed by atoms with Crippen LogP contribution in [0.3, 0.4) is 0 Å². The van der Waals surface area contributed by atoms with E-state index >= 15 is 0 Å². The molecule has 1 unspecified atom stereocenters. The van der Waals surface area contributed by atoms with E-state index in [1.54, 1.807) is 6.20 Å². The Bertz CT molecular complexity index is 525. The third-order valence-electron chi connectivity index (χ3n) is 3.63. The van der Waals surface area contributed by atoms with Crippen molar-refractivity contribution in [1.29, 1.82) is 0 Å². The van der Waals surface area contributed by atoms with E-state index in [-0.39, 0.29) is 5.82 Å². The van der Waals surface area contributed by atoms with Crippen molar-refractivity contribution in [1.82, 2.24) is 20.3 Å². The highest BCUT2D eigenvalue weighted by Gasteiger charge is 2.21. The molecule has 2 aromatic rings. The molecule has 1 aromatic heterocycles. The van der Waals surface area contributed by atoms with Gasteiger partial charge < -0.3 is 10.2 Å². The molecule has 1 saturated heterocycles. The maximum atomic E-state index is 12.9. The molecule has 20 heavy (non-hydrogen) atoms. The van der Waals surface area contributed by atoms with E-state index in [4.69, 9.17) is 0 Å². The minimum Gasteiger partial charge on any atom is -0.370 e. The number of benzene rings is 1. The lowest BCUT2D eigenvalue weighted by Crippen LogP contribution is -2.34. The molecule has 0 aliphatic carbocycles. The summed E-state index contributed by atoms with van der Waals surface area (Å²) in [4.78, 5) is 2.28. The number of aromatic nitrogens is 3. The standard InChI is InChI=1S/C14H18FN5/c15-12-1-3-14(4-2-12)19-8-5-13(11-19)16-6-9-20-10-7-17-18-20/h1-4,7,10,13,16H,5-6,8-9,11H2. The third kappa shape index (κ3) is 3.14. The lowest BCUT2D eigenvalue weighted by atomic mass is 10.2. The summed E-state index contributed by atoms with van der Waals surface area (Å²) in [6.07, 6.45) is 4.65. The van der Waals surface area contributed by atoms with E-state index in [2.05, 4.69) is 20.5 Å². The Hall–Kier alpha value is -1.95. The molecule has 0 bridgehead atoms. The molecule has 1 aliphatic rings. The van der Waals surface area contributed by atoms with Gasteiger partial charge in [-0.25, -0.2) is 4.39 Å². The fourth-order valence-corrected chi connectivity index (χ4v) is 2.55. The van der Waals surface area contributed by atoms with Crippen LogP contribution in [0.25, 0.3) is 0 Å². The Morgan fingerprint density at radius 2 is 2.15 bits per heavy atom. The normalized spacial score (nSPS) is 18.6. The van der Waals surface area contributed by atoms with E-state index in [9.17, 15) is 4.39 Å². The Morgan fingerprint density at radius 3 is 2.90 bits per heavy atom. The van der Waals surface area contributed by atoms with Gasteiger partial charge in [0.05, 0.1) is 12.7 Å². The van der Waals surface area contributed by atoms with Crippen LogP contribution >= 0.6 is 0 Å². The molecule has 0 radical (unpaired) electrons. The van der Waals surface area contributed by atoms with Gasteiger partial charge in [0.1, 0.15) is 5.82 Å². The Morgan fingerprint density at radius 1 is 1.30 bits per heavy atom. The van der Waals surface area contributed by atoms with Crippen LogP contribution in [0.2, 0.25) is 0 Å². The number of halogens is 1. The van der Waals surface area contributed by atoms with Gasteiger partial charge in [-0.3, -0.25) is 4.68 Å². The fraction of sp³-hybridized carbons (Fsp3) is 0.429. The molecule has 1 aliphatic heterocycles. The number of hydrogen-bond donors (Lipinski definition) is 1. The Balaban J connectivity index is 1.46. The fourth-order valence-electron chi connectivity index (χ4n) is 2.55. The zero-order valence-electron chi connectivity index (χ0n) is 11.2. The van der Waals surface area contributed by atoms with Gasteiger partial charge in [-0.15, -0.1) is 5.10 Å². The van der Waals surface area contributed by atoms with Crippen LogP contribution in [-0.4, -0.2) is 40.7 Å². The summed E-state index contributed by atoms with van der Waals surface area (Å²) in [5.41, 5.74) is 1.09. The average Bonchev–Trinajstić information content (AvgIpc) is 3.11. The molecule has 0 saturated carbocycles. The zero-order valence-corrected chi connectivity index (χ0v) is 11.2. The minimum atomic E-state index is -0.185. The van der Waals surface area contributed by atoms with Crippen molar-refractivity contribution >= 4 is 5.69 Å². The first-order valence-corrected chi connectivity index (χ1v) is 6.89. The molecule has 106 valence electrons. The van der Waals surface area contributed by atoms with Gasteiger partial charge in [0, 0.05) is 37.6 Å². The van der Waals surface area contributed by atoms with Crippen molar-refractivity contribution in [3.8, 4) is 0 Å². The lowest BCUT2D eigenvalue weighted by molar-refractivity contribution is 0.490. The largest absolute Gasteiger partial charge is 0.370 e. The molecule has 0 amide bonds. The number of hydrogen-bond acceptors (Lipinski definition) is 4.